The normalized spacial score (nSPS) is 10.7. The van der Waals surface area contributed by atoms with Crippen LogP contribution in [0.3, 0.4) is 0 Å². The van der Waals surface area contributed by atoms with E-state index in [-0.39, 0.29) is 11.1 Å². The second kappa shape index (κ2) is 7.03. The molecule has 0 atom stereocenters. The molecule has 4 nitrogen and oxygen atoms in total. The summed E-state index contributed by atoms with van der Waals surface area (Å²) >= 11 is 0. The van der Waals surface area contributed by atoms with Crippen molar-refractivity contribution < 1.29 is 4.92 Å². The van der Waals surface area contributed by atoms with E-state index in [1.807, 2.05) is 25.1 Å². The van der Waals surface area contributed by atoms with Gasteiger partial charge in [-0.25, -0.2) is 4.99 Å². The summed E-state index contributed by atoms with van der Waals surface area (Å²) in [5.74, 6) is 3.08. The minimum absolute atomic E-state index is 0.0639. The molecule has 23 heavy (non-hydrogen) atoms. The zero-order chi connectivity index (χ0) is 16.9. The van der Waals surface area contributed by atoms with E-state index in [1.54, 1.807) is 12.1 Å². The fourth-order valence-electron chi connectivity index (χ4n) is 2.19. The van der Waals surface area contributed by atoms with Crippen LogP contribution < -0.4 is 0 Å². The summed E-state index contributed by atoms with van der Waals surface area (Å²) in [5.41, 5.74) is 2.97. The van der Waals surface area contributed by atoms with Gasteiger partial charge in [0.25, 0.3) is 5.69 Å². The molecule has 4 heteroatoms. The van der Waals surface area contributed by atoms with E-state index in [2.05, 4.69) is 36.8 Å². The molecule has 0 spiro atoms. The lowest BCUT2D eigenvalue weighted by Crippen LogP contribution is -2.17. The smallest absolute Gasteiger partial charge is 0.258 e. The Hall–Kier alpha value is -2.71. The first-order chi connectivity index (χ1) is 10.9. The van der Waals surface area contributed by atoms with Gasteiger partial charge in [0.05, 0.1) is 10.6 Å². The van der Waals surface area contributed by atoms with Crippen LogP contribution in [-0.2, 0) is 6.42 Å². The molecule has 2 rings (SSSR count). The summed E-state index contributed by atoms with van der Waals surface area (Å²) in [6.07, 6.45) is 0.905. The zero-order valence-electron chi connectivity index (χ0n) is 13.6. The summed E-state index contributed by atoms with van der Waals surface area (Å²) in [7, 11) is 0. The first kappa shape index (κ1) is 16.7. The van der Waals surface area contributed by atoms with E-state index in [0.717, 1.165) is 12.0 Å². The topological polar surface area (TPSA) is 55.5 Å². The number of rotatable bonds is 5. The van der Waals surface area contributed by atoms with Crippen LogP contribution in [0.4, 0.5) is 11.4 Å². The van der Waals surface area contributed by atoms with Crippen molar-refractivity contribution in [1.29, 1.82) is 0 Å². The van der Waals surface area contributed by atoms with Crippen LogP contribution in [-0.4, -0.2) is 10.8 Å². The predicted molar refractivity (Wildman–Crippen MR) is 93.3 cm³/mol. The fourth-order valence-corrected chi connectivity index (χ4v) is 2.19. The monoisotopic (exact) mass is 308 g/mol. The van der Waals surface area contributed by atoms with E-state index < -0.39 is 4.92 Å². The van der Waals surface area contributed by atoms with Gasteiger partial charge in [0, 0.05) is 12.1 Å². The number of nitro groups is 1. The number of allylic oxidation sites excluding steroid dienone is 1. The van der Waals surface area contributed by atoms with Gasteiger partial charge in [0.15, 0.2) is 0 Å². The molecule has 0 radical (unpaired) electrons. The lowest BCUT2D eigenvalue weighted by Gasteiger charge is -2.24. The first-order valence-corrected chi connectivity index (χ1v) is 7.48. The SMILES string of the molecule is CC(=C=Nc1ccc([N+](=O)[O-])cc1)C(C)(C)Cc1ccccc1. The quantitative estimate of drug-likeness (QED) is 0.438. The lowest BCUT2D eigenvalue weighted by atomic mass is 9.80. The maximum Gasteiger partial charge on any atom is 0.269 e. The lowest BCUT2D eigenvalue weighted by molar-refractivity contribution is -0.384. The second-order valence-electron chi connectivity index (χ2n) is 6.17. The zero-order valence-corrected chi connectivity index (χ0v) is 13.6. The first-order valence-electron chi connectivity index (χ1n) is 7.48. The Morgan fingerprint density at radius 2 is 1.74 bits per heavy atom. The van der Waals surface area contributed by atoms with Crippen LogP contribution in [0.25, 0.3) is 0 Å². The number of hydrogen-bond acceptors (Lipinski definition) is 3. The van der Waals surface area contributed by atoms with Crippen LogP contribution in [0.5, 0.6) is 0 Å². The average molecular weight is 308 g/mol. The van der Waals surface area contributed by atoms with Gasteiger partial charge in [-0.15, -0.1) is 0 Å². The highest BCUT2D eigenvalue weighted by molar-refractivity contribution is 5.64. The number of hydrogen-bond donors (Lipinski definition) is 0. The Labute approximate surface area is 136 Å². The Morgan fingerprint density at radius 3 is 2.30 bits per heavy atom. The highest BCUT2D eigenvalue weighted by Gasteiger charge is 2.20. The molecular formula is C19H20N2O2. The fraction of sp³-hybridized carbons (Fsp3) is 0.263. The minimum atomic E-state index is -0.419. The van der Waals surface area contributed by atoms with Crippen molar-refractivity contribution in [3.63, 3.8) is 0 Å². The van der Waals surface area contributed by atoms with E-state index in [9.17, 15) is 10.1 Å². The number of benzene rings is 2. The van der Waals surface area contributed by atoms with Gasteiger partial charge in [-0.05, 0) is 47.9 Å². The number of non-ortho nitro benzene ring substituents is 1. The standard InChI is InChI=1S/C19H20N2O2/c1-15(19(2,3)13-16-7-5-4-6-8-16)14-20-17-9-11-18(12-10-17)21(22)23/h4-12H,13H2,1-3H3. The van der Waals surface area contributed by atoms with Crippen molar-refractivity contribution in [3.05, 3.63) is 75.8 Å². The van der Waals surface area contributed by atoms with Crippen LogP contribution in [0.1, 0.15) is 26.3 Å². The van der Waals surface area contributed by atoms with Crippen LogP contribution >= 0.6 is 0 Å². The number of aliphatic imine (C=N–C) groups is 1. The molecule has 0 aromatic heterocycles. The second-order valence-corrected chi connectivity index (χ2v) is 6.17. The minimum Gasteiger partial charge on any atom is -0.258 e. The van der Waals surface area contributed by atoms with Gasteiger partial charge < -0.3 is 0 Å². The molecule has 2 aromatic carbocycles. The predicted octanol–water partition coefficient (Wildman–Crippen LogP) is 5.11. The van der Waals surface area contributed by atoms with Crippen molar-refractivity contribution in [2.75, 3.05) is 0 Å². The summed E-state index contributed by atoms with van der Waals surface area (Å²) < 4.78 is 0. The molecular weight excluding hydrogens is 288 g/mol. The van der Waals surface area contributed by atoms with Gasteiger partial charge in [0.1, 0.15) is 0 Å². The molecule has 0 saturated carbocycles. The highest BCUT2D eigenvalue weighted by Crippen LogP contribution is 2.29. The molecule has 0 bridgehead atoms. The maximum atomic E-state index is 10.6. The molecule has 0 saturated heterocycles. The Kier molecular flexibility index (Phi) is 5.09. The third kappa shape index (κ3) is 4.63. The van der Waals surface area contributed by atoms with Crippen molar-refractivity contribution in [1.82, 2.24) is 0 Å². The Balaban J connectivity index is 2.18. The van der Waals surface area contributed by atoms with Gasteiger partial charge in [-0.2, -0.15) is 0 Å². The van der Waals surface area contributed by atoms with Crippen LogP contribution in [0.2, 0.25) is 0 Å². The molecule has 0 N–H and O–H groups in total. The number of nitrogens with zero attached hydrogens (tertiary/aromatic N) is 2. The average Bonchev–Trinajstić information content (AvgIpc) is 2.53. The van der Waals surface area contributed by atoms with Crippen molar-refractivity contribution in [2.45, 2.75) is 27.2 Å². The van der Waals surface area contributed by atoms with Gasteiger partial charge in [-0.3, -0.25) is 10.1 Å². The maximum absolute atomic E-state index is 10.6. The van der Waals surface area contributed by atoms with Gasteiger partial charge >= 0.3 is 0 Å². The molecule has 0 heterocycles. The van der Waals surface area contributed by atoms with Gasteiger partial charge in [0.2, 0.25) is 0 Å². The van der Waals surface area contributed by atoms with E-state index >= 15 is 0 Å². The van der Waals surface area contributed by atoms with Crippen molar-refractivity contribution in [2.24, 2.45) is 10.4 Å². The third-order valence-electron chi connectivity index (χ3n) is 3.92. The molecule has 0 aliphatic rings. The van der Waals surface area contributed by atoms with Gasteiger partial charge in [-0.1, -0.05) is 44.2 Å². The molecule has 0 amide bonds. The molecule has 0 aliphatic carbocycles. The molecule has 0 aliphatic heterocycles. The van der Waals surface area contributed by atoms with Crippen LogP contribution in [0, 0.1) is 15.5 Å². The summed E-state index contributed by atoms with van der Waals surface area (Å²) in [5, 5.41) is 10.6. The third-order valence-corrected chi connectivity index (χ3v) is 3.92. The largest absolute Gasteiger partial charge is 0.269 e. The van der Waals surface area contributed by atoms with E-state index in [1.165, 1.54) is 17.7 Å². The summed E-state index contributed by atoms with van der Waals surface area (Å²) in [6, 6.07) is 16.5. The summed E-state index contributed by atoms with van der Waals surface area (Å²) in [4.78, 5) is 14.5. The van der Waals surface area contributed by atoms with Crippen molar-refractivity contribution >= 4 is 17.2 Å². The summed E-state index contributed by atoms with van der Waals surface area (Å²) in [6.45, 7) is 6.33. The molecule has 118 valence electrons. The van der Waals surface area contributed by atoms with Crippen molar-refractivity contribution in [3.8, 4) is 0 Å². The van der Waals surface area contributed by atoms with Crippen LogP contribution in [0.15, 0.2) is 65.2 Å². The highest BCUT2D eigenvalue weighted by atomic mass is 16.6. The Bertz CT molecular complexity index is 741. The number of nitro benzene ring substituents is 1. The molecule has 0 fully saturated rings. The molecule has 0 unspecified atom stereocenters. The molecule has 2 aromatic rings. The Morgan fingerprint density at radius 1 is 1.13 bits per heavy atom. The van der Waals surface area contributed by atoms with E-state index in [4.69, 9.17) is 0 Å². The van der Waals surface area contributed by atoms with E-state index in [0.29, 0.717) is 5.69 Å².